The Hall–Kier alpha value is -4.33. The largest absolute Gasteiger partial charge is 0.497 e. The van der Waals surface area contributed by atoms with Gasteiger partial charge in [-0.2, -0.15) is 0 Å². The number of ether oxygens (including phenoxy) is 1. The number of nitrogens with zero attached hydrogens (tertiary/aromatic N) is 1. The molecule has 0 aliphatic carbocycles. The van der Waals surface area contributed by atoms with Gasteiger partial charge in [0.05, 0.1) is 12.7 Å². The molecule has 0 aliphatic heterocycles. The van der Waals surface area contributed by atoms with Crippen molar-refractivity contribution in [3.05, 3.63) is 69.2 Å². The van der Waals surface area contributed by atoms with Crippen LogP contribution in [-0.4, -0.2) is 27.3 Å². The molecule has 2 aromatic carbocycles. The van der Waals surface area contributed by atoms with Gasteiger partial charge in [0.1, 0.15) is 16.8 Å². The molecule has 0 unspecified atom stereocenters. The second-order valence-corrected chi connectivity index (χ2v) is 7.07. The SMILES string of the molecule is COc1ccc2[nH]c(=O)c(-c3c4c[nH][nH]c4nc4c3oc3cc(=O)ccc34)cc2c1. The summed E-state index contributed by atoms with van der Waals surface area (Å²) < 4.78 is 11.4. The molecule has 3 N–H and O–H groups in total. The zero-order valence-electron chi connectivity index (χ0n) is 15.7. The molecule has 0 radical (unpaired) electrons. The minimum absolute atomic E-state index is 0.155. The van der Waals surface area contributed by atoms with Crippen molar-refractivity contribution in [1.82, 2.24) is 20.2 Å². The smallest absolute Gasteiger partial charge is 0.256 e. The van der Waals surface area contributed by atoms with Crippen LogP contribution in [0, 0.1) is 0 Å². The van der Waals surface area contributed by atoms with E-state index < -0.39 is 0 Å². The third kappa shape index (κ3) is 2.24. The van der Waals surface area contributed by atoms with E-state index in [1.165, 1.54) is 12.1 Å². The standard InChI is InChI=1S/C22H14N4O4/c1-29-12-3-5-16-10(6-12)7-14(22(28)24-16)18-15-9-23-26-21(15)25-19-13-4-2-11(27)8-17(13)30-20(18)19/h2-9H,1H3,(H,24,28)(H2,23,25,26). The molecule has 0 spiro atoms. The number of aromatic amines is 3. The average molecular weight is 398 g/mol. The van der Waals surface area contributed by atoms with Gasteiger partial charge in [-0.25, -0.2) is 4.98 Å². The Morgan fingerprint density at radius 1 is 1.03 bits per heavy atom. The molecule has 8 nitrogen and oxygen atoms in total. The maximum Gasteiger partial charge on any atom is 0.256 e. The van der Waals surface area contributed by atoms with Crippen LogP contribution in [0.3, 0.4) is 0 Å². The fourth-order valence-corrected chi connectivity index (χ4v) is 3.93. The zero-order valence-corrected chi connectivity index (χ0v) is 15.7. The molecule has 30 heavy (non-hydrogen) atoms. The summed E-state index contributed by atoms with van der Waals surface area (Å²) in [6, 6.07) is 11.9. The molecule has 146 valence electrons. The van der Waals surface area contributed by atoms with E-state index in [2.05, 4.69) is 20.2 Å². The lowest BCUT2D eigenvalue weighted by molar-refractivity contribution is 0.415. The first-order valence-electron chi connectivity index (χ1n) is 9.26. The Labute approximate surface area is 167 Å². The monoisotopic (exact) mass is 398 g/mol. The number of hydrogen-bond donors (Lipinski definition) is 3. The molecular formula is C22H14N4O4. The van der Waals surface area contributed by atoms with Crippen molar-refractivity contribution in [2.75, 3.05) is 7.11 Å². The summed E-state index contributed by atoms with van der Waals surface area (Å²) in [5.74, 6) is 0.687. The van der Waals surface area contributed by atoms with Crippen LogP contribution in [0.5, 0.6) is 5.75 Å². The second kappa shape index (κ2) is 5.84. The summed E-state index contributed by atoms with van der Waals surface area (Å²) >= 11 is 0. The molecule has 0 bridgehead atoms. The maximum absolute atomic E-state index is 13.0. The van der Waals surface area contributed by atoms with Crippen LogP contribution < -0.4 is 15.7 Å². The maximum atomic E-state index is 13.0. The average Bonchev–Trinajstić information content (AvgIpc) is 3.35. The van der Waals surface area contributed by atoms with Crippen molar-refractivity contribution in [3.8, 4) is 16.9 Å². The second-order valence-electron chi connectivity index (χ2n) is 7.07. The molecule has 4 aromatic heterocycles. The summed E-state index contributed by atoms with van der Waals surface area (Å²) in [4.78, 5) is 32.4. The van der Waals surface area contributed by atoms with Crippen molar-refractivity contribution in [2.24, 2.45) is 0 Å². The molecule has 0 saturated carbocycles. The van der Waals surface area contributed by atoms with Crippen LogP contribution in [-0.2, 0) is 0 Å². The molecule has 0 aliphatic rings. The molecule has 8 heteroatoms. The highest BCUT2D eigenvalue weighted by atomic mass is 16.5. The van der Waals surface area contributed by atoms with Crippen molar-refractivity contribution in [2.45, 2.75) is 0 Å². The first kappa shape index (κ1) is 16.6. The van der Waals surface area contributed by atoms with E-state index in [1.54, 1.807) is 31.5 Å². The lowest BCUT2D eigenvalue weighted by Gasteiger charge is -2.07. The zero-order chi connectivity index (χ0) is 20.4. The molecule has 6 rings (SSSR count). The summed E-state index contributed by atoms with van der Waals surface area (Å²) in [6.07, 6.45) is 1.73. The number of fused-ring (bicyclic) bond motifs is 5. The Morgan fingerprint density at radius 3 is 2.80 bits per heavy atom. The van der Waals surface area contributed by atoms with Crippen LogP contribution >= 0.6 is 0 Å². The summed E-state index contributed by atoms with van der Waals surface area (Å²) in [7, 11) is 1.60. The predicted molar refractivity (Wildman–Crippen MR) is 114 cm³/mol. The van der Waals surface area contributed by atoms with Crippen molar-refractivity contribution < 1.29 is 9.15 Å². The summed E-state index contributed by atoms with van der Waals surface area (Å²) in [6.45, 7) is 0. The van der Waals surface area contributed by atoms with Gasteiger partial charge >= 0.3 is 0 Å². The predicted octanol–water partition coefficient (Wildman–Crippen LogP) is 3.67. The van der Waals surface area contributed by atoms with Gasteiger partial charge < -0.3 is 19.2 Å². The van der Waals surface area contributed by atoms with Crippen LogP contribution in [0.2, 0.25) is 0 Å². The Balaban J connectivity index is 1.79. The number of pyridine rings is 2. The molecule has 0 saturated heterocycles. The topological polar surface area (TPSA) is 117 Å². The highest BCUT2D eigenvalue weighted by Gasteiger charge is 2.21. The third-order valence-electron chi connectivity index (χ3n) is 5.34. The van der Waals surface area contributed by atoms with Crippen molar-refractivity contribution in [3.63, 3.8) is 0 Å². The molecule has 4 heterocycles. The molecule has 0 fully saturated rings. The van der Waals surface area contributed by atoms with E-state index >= 15 is 0 Å². The minimum Gasteiger partial charge on any atom is -0.497 e. The van der Waals surface area contributed by atoms with Gasteiger partial charge in [0.25, 0.3) is 5.56 Å². The van der Waals surface area contributed by atoms with Crippen LogP contribution in [0.1, 0.15) is 0 Å². The van der Waals surface area contributed by atoms with Crippen molar-refractivity contribution in [1.29, 1.82) is 0 Å². The Kier molecular flexibility index (Phi) is 3.23. The number of nitrogens with one attached hydrogen (secondary N) is 3. The number of methoxy groups -OCH3 is 1. The highest BCUT2D eigenvalue weighted by Crippen LogP contribution is 2.38. The number of rotatable bonds is 2. The lowest BCUT2D eigenvalue weighted by Crippen LogP contribution is -2.09. The van der Waals surface area contributed by atoms with E-state index in [9.17, 15) is 9.59 Å². The summed E-state index contributed by atoms with van der Waals surface area (Å²) in [5.41, 5.74) is 3.36. The van der Waals surface area contributed by atoms with E-state index in [1.807, 2.05) is 12.1 Å². The minimum atomic E-state index is -0.257. The van der Waals surface area contributed by atoms with Gasteiger partial charge in [-0.3, -0.25) is 14.7 Å². The van der Waals surface area contributed by atoms with Gasteiger partial charge in [0.15, 0.2) is 16.7 Å². The van der Waals surface area contributed by atoms with Gasteiger partial charge in [-0.15, -0.1) is 0 Å². The van der Waals surface area contributed by atoms with Gasteiger partial charge in [-0.1, -0.05) is 0 Å². The fourth-order valence-electron chi connectivity index (χ4n) is 3.93. The van der Waals surface area contributed by atoms with Gasteiger partial charge in [-0.05, 0) is 36.4 Å². The number of benzene rings is 2. The number of hydrogen-bond acceptors (Lipinski definition) is 5. The summed E-state index contributed by atoms with van der Waals surface area (Å²) in [5, 5.41) is 8.16. The molecular weight excluding hydrogens is 384 g/mol. The van der Waals surface area contributed by atoms with Crippen LogP contribution in [0.25, 0.3) is 55.1 Å². The van der Waals surface area contributed by atoms with Gasteiger partial charge in [0, 0.05) is 39.5 Å². The molecule has 0 atom stereocenters. The van der Waals surface area contributed by atoms with E-state index in [0.29, 0.717) is 55.5 Å². The molecule has 0 amide bonds. The number of aromatic nitrogens is 4. The van der Waals surface area contributed by atoms with E-state index in [0.717, 1.165) is 5.39 Å². The number of H-pyrrole nitrogens is 3. The Bertz CT molecular complexity index is 1740. The van der Waals surface area contributed by atoms with Crippen LogP contribution in [0.4, 0.5) is 0 Å². The van der Waals surface area contributed by atoms with Crippen molar-refractivity contribution >= 4 is 44.0 Å². The third-order valence-corrected chi connectivity index (χ3v) is 5.34. The fraction of sp³-hybridized carbons (Fsp3) is 0.0455. The van der Waals surface area contributed by atoms with E-state index in [4.69, 9.17) is 9.15 Å². The highest BCUT2D eigenvalue weighted by molar-refractivity contribution is 6.14. The lowest BCUT2D eigenvalue weighted by atomic mass is 10.0. The number of furan rings is 1. The van der Waals surface area contributed by atoms with E-state index in [-0.39, 0.29) is 11.0 Å². The first-order valence-corrected chi connectivity index (χ1v) is 9.26. The molecule has 6 aromatic rings. The quantitative estimate of drug-likeness (QED) is 0.411. The first-order chi connectivity index (χ1) is 14.6. The van der Waals surface area contributed by atoms with Crippen LogP contribution in [0.15, 0.2) is 62.7 Å². The van der Waals surface area contributed by atoms with Gasteiger partial charge in [0.2, 0.25) is 0 Å². The Morgan fingerprint density at radius 2 is 1.93 bits per heavy atom. The normalized spacial score (nSPS) is 11.8.